The Bertz CT molecular complexity index is 1320. The van der Waals surface area contributed by atoms with E-state index in [-0.39, 0.29) is 17.2 Å². The number of nitrogens with one attached hydrogen (secondary N) is 1. The van der Waals surface area contributed by atoms with Crippen LogP contribution in [0, 0.1) is 6.92 Å². The molecule has 0 fully saturated rings. The van der Waals surface area contributed by atoms with Crippen LogP contribution in [0.1, 0.15) is 5.56 Å². The molecule has 0 aliphatic carbocycles. The van der Waals surface area contributed by atoms with Gasteiger partial charge in [-0.3, -0.25) is 14.2 Å². The molecule has 0 saturated carbocycles. The largest absolute Gasteiger partial charge is 0.497 e. The van der Waals surface area contributed by atoms with E-state index in [9.17, 15) is 9.59 Å². The fraction of sp³-hybridized carbons (Fsp3) is 0.174. The number of amides is 1. The second-order valence-corrected chi connectivity index (χ2v) is 8.75. The second kappa shape index (κ2) is 9.46. The first kappa shape index (κ1) is 21.9. The number of ether oxygens (including phenoxy) is 2. The third kappa shape index (κ3) is 4.49. The summed E-state index contributed by atoms with van der Waals surface area (Å²) >= 11 is 2.57. The van der Waals surface area contributed by atoms with Gasteiger partial charge in [-0.1, -0.05) is 30.0 Å². The third-order valence-electron chi connectivity index (χ3n) is 4.77. The van der Waals surface area contributed by atoms with Gasteiger partial charge in [0.15, 0.2) is 5.16 Å². The Hall–Kier alpha value is -3.30. The monoisotopic (exact) mass is 467 g/mol. The van der Waals surface area contributed by atoms with Crippen molar-refractivity contribution < 1.29 is 14.3 Å². The number of hydrogen-bond donors (Lipinski definition) is 1. The molecule has 1 amide bonds. The summed E-state index contributed by atoms with van der Waals surface area (Å²) < 4.78 is 12.7. The molecular weight excluding hydrogens is 446 g/mol. The minimum absolute atomic E-state index is 0.0769. The summed E-state index contributed by atoms with van der Waals surface area (Å²) in [6.45, 7) is 1.94. The van der Waals surface area contributed by atoms with Gasteiger partial charge >= 0.3 is 0 Å². The number of hydrogen-bond acceptors (Lipinski definition) is 7. The number of aromatic nitrogens is 2. The van der Waals surface area contributed by atoms with E-state index in [1.807, 2.05) is 42.6 Å². The fourth-order valence-corrected chi connectivity index (χ4v) is 4.79. The molecule has 164 valence electrons. The topological polar surface area (TPSA) is 82.5 Å². The zero-order valence-electron chi connectivity index (χ0n) is 17.7. The minimum atomic E-state index is -0.235. The number of para-hydroxylation sites is 1. The second-order valence-electron chi connectivity index (χ2n) is 6.89. The number of benzene rings is 2. The van der Waals surface area contributed by atoms with Gasteiger partial charge in [0.05, 0.1) is 31.2 Å². The van der Waals surface area contributed by atoms with Crippen molar-refractivity contribution in [3.63, 3.8) is 0 Å². The van der Waals surface area contributed by atoms with Crippen molar-refractivity contribution >= 4 is 44.9 Å². The molecule has 0 radical (unpaired) electrons. The zero-order valence-corrected chi connectivity index (χ0v) is 19.4. The maximum atomic E-state index is 13.2. The molecule has 0 spiro atoms. The highest BCUT2D eigenvalue weighted by Crippen LogP contribution is 2.27. The van der Waals surface area contributed by atoms with Crippen LogP contribution in [0.2, 0.25) is 0 Å². The van der Waals surface area contributed by atoms with Crippen LogP contribution >= 0.6 is 23.1 Å². The Labute approximate surface area is 193 Å². The standard InChI is InChI=1S/C23H21N3O4S2/c1-14-6-4-5-7-19(14)26-22(28)21-18(8-9-31-21)25-23(26)32-13-20(27)24-15-10-16(29-2)12-17(11-15)30-3/h4-12H,13H2,1-3H3,(H,24,27). The first-order chi connectivity index (χ1) is 15.5. The molecule has 2 aromatic carbocycles. The molecule has 2 aromatic heterocycles. The maximum Gasteiger partial charge on any atom is 0.276 e. The number of methoxy groups -OCH3 is 2. The van der Waals surface area contributed by atoms with E-state index in [0.717, 1.165) is 11.3 Å². The first-order valence-electron chi connectivity index (χ1n) is 9.72. The highest BCUT2D eigenvalue weighted by Gasteiger charge is 2.17. The van der Waals surface area contributed by atoms with Crippen molar-refractivity contribution in [3.8, 4) is 17.2 Å². The van der Waals surface area contributed by atoms with Gasteiger partial charge < -0.3 is 14.8 Å². The quantitative estimate of drug-likeness (QED) is 0.318. The van der Waals surface area contributed by atoms with Gasteiger partial charge in [0, 0.05) is 23.9 Å². The lowest BCUT2D eigenvalue weighted by atomic mass is 10.2. The van der Waals surface area contributed by atoms with E-state index in [0.29, 0.717) is 32.6 Å². The predicted octanol–water partition coefficient (Wildman–Crippen LogP) is 4.50. The van der Waals surface area contributed by atoms with Crippen LogP contribution in [0.15, 0.2) is 63.9 Å². The first-order valence-corrected chi connectivity index (χ1v) is 11.6. The number of thioether (sulfide) groups is 1. The van der Waals surface area contributed by atoms with Crippen molar-refractivity contribution in [1.29, 1.82) is 0 Å². The van der Waals surface area contributed by atoms with E-state index in [1.54, 1.807) is 37.0 Å². The Morgan fingerprint density at radius 1 is 1.12 bits per heavy atom. The number of fused-ring (bicyclic) bond motifs is 1. The molecule has 1 N–H and O–H groups in total. The van der Waals surface area contributed by atoms with Gasteiger partial charge in [0.25, 0.3) is 5.56 Å². The molecule has 32 heavy (non-hydrogen) atoms. The average molecular weight is 468 g/mol. The van der Waals surface area contributed by atoms with Crippen LogP contribution in [0.5, 0.6) is 11.5 Å². The van der Waals surface area contributed by atoms with Crippen LogP contribution in [-0.4, -0.2) is 35.4 Å². The van der Waals surface area contributed by atoms with Crippen LogP contribution in [0.3, 0.4) is 0 Å². The molecule has 7 nitrogen and oxygen atoms in total. The molecule has 4 rings (SSSR count). The molecular formula is C23H21N3O4S2. The molecule has 0 atom stereocenters. The van der Waals surface area contributed by atoms with E-state index in [4.69, 9.17) is 9.47 Å². The zero-order chi connectivity index (χ0) is 22.7. The summed E-state index contributed by atoms with van der Waals surface area (Å²) in [4.78, 5) is 30.6. The van der Waals surface area contributed by atoms with Gasteiger partial charge in [-0.2, -0.15) is 0 Å². The molecule has 0 saturated heterocycles. The Morgan fingerprint density at radius 3 is 2.53 bits per heavy atom. The van der Waals surface area contributed by atoms with Gasteiger partial charge in [-0.15, -0.1) is 11.3 Å². The van der Waals surface area contributed by atoms with Crippen molar-refractivity contribution in [2.45, 2.75) is 12.1 Å². The van der Waals surface area contributed by atoms with Gasteiger partial charge in [0.2, 0.25) is 5.91 Å². The van der Waals surface area contributed by atoms with E-state index in [2.05, 4.69) is 10.3 Å². The molecule has 0 aliphatic heterocycles. The minimum Gasteiger partial charge on any atom is -0.497 e. The number of thiophene rings is 1. The van der Waals surface area contributed by atoms with Crippen LogP contribution in [0.4, 0.5) is 5.69 Å². The summed E-state index contributed by atoms with van der Waals surface area (Å²) in [6, 6.07) is 14.6. The lowest BCUT2D eigenvalue weighted by Gasteiger charge is -2.14. The smallest absolute Gasteiger partial charge is 0.276 e. The fourth-order valence-electron chi connectivity index (χ4n) is 3.22. The summed E-state index contributed by atoms with van der Waals surface area (Å²) in [6.07, 6.45) is 0. The van der Waals surface area contributed by atoms with Crippen molar-refractivity contribution in [1.82, 2.24) is 9.55 Å². The van der Waals surface area contributed by atoms with Gasteiger partial charge in [0.1, 0.15) is 16.2 Å². The van der Waals surface area contributed by atoms with Crippen molar-refractivity contribution in [2.75, 3.05) is 25.3 Å². The highest BCUT2D eigenvalue weighted by atomic mass is 32.2. The molecule has 2 heterocycles. The lowest BCUT2D eigenvalue weighted by Crippen LogP contribution is -2.22. The number of aryl methyl sites for hydroxylation is 1. The average Bonchev–Trinajstić information content (AvgIpc) is 3.27. The molecule has 0 bridgehead atoms. The molecule has 0 unspecified atom stereocenters. The van der Waals surface area contributed by atoms with Gasteiger partial charge in [-0.05, 0) is 30.0 Å². The van der Waals surface area contributed by atoms with Gasteiger partial charge in [-0.25, -0.2) is 4.98 Å². The number of rotatable bonds is 7. The maximum absolute atomic E-state index is 13.2. The summed E-state index contributed by atoms with van der Waals surface area (Å²) in [5.41, 5.74) is 2.75. The molecule has 4 aromatic rings. The normalized spacial score (nSPS) is 10.8. The Kier molecular flexibility index (Phi) is 6.48. The molecule has 9 heteroatoms. The van der Waals surface area contributed by atoms with Crippen LogP contribution < -0.4 is 20.3 Å². The molecule has 0 aliphatic rings. The Morgan fingerprint density at radius 2 is 1.84 bits per heavy atom. The lowest BCUT2D eigenvalue weighted by molar-refractivity contribution is -0.113. The highest BCUT2D eigenvalue weighted by molar-refractivity contribution is 7.99. The number of carbonyl (C=O) groups is 1. The van der Waals surface area contributed by atoms with E-state index >= 15 is 0 Å². The Balaban J connectivity index is 1.62. The third-order valence-corrected chi connectivity index (χ3v) is 6.60. The van der Waals surface area contributed by atoms with E-state index in [1.165, 1.54) is 23.1 Å². The summed E-state index contributed by atoms with van der Waals surface area (Å²) in [5, 5.41) is 5.16. The predicted molar refractivity (Wildman–Crippen MR) is 129 cm³/mol. The number of anilines is 1. The van der Waals surface area contributed by atoms with E-state index < -0.39 is 0 Å². The van der Waals surface area contributed by atoms with Crippen LogP contribution in [0.25, 0.3) is 15.9 Å². The number of nitrogens with zero attached hydrogens (tertiary/aromatic N) is 2. The SMILES string of the molecule is COc1cc(NC(=O)CSc2nc3ccsc3c(=O)n2-c2ccccc2C)cc(OC)c1. The summed E-state index contributed by atoms with van der Waals surface area (Å²) in [5.74, 6) is 0.991. The summed E-state index contributed by atoms with van der Waals surface area (Å²) in [7, 11) is 3.10. The number of carbonyl (C=O) groups excluding carboxylic acids is 1. The van der Waals surface area contributed by atoms with Crippen LogP contribution in [-0.2, 0) is 4.79 Å². The van der Waals surface area contributed by atoms with Crippen molar-refractivity contribution in [2.24, 2.45) is 0 Å². The van der Waals surface area contributed by atoms with Crippen molar-refractivity contribution in [3.05, 3.63) is 69.8 Å².